The van der Waals surface area contributed by atoms with Crippen molar-refractivity contribution in [2.75, 3.05) is 4.90 Å². The van der Waals surface area contributed by atoms with Gasteiger partial charge in [0.25, 0.3) is 0 Å². The van der Waals surface area contributed by atoms with E-state index in [4.69, 9.17) is 0 Å². The predicted octanol–water partition coefficient (Wildman–Crippen LogP) is 3.15. The molecule has 0 spiro atoms. The Labute approximate surface area is 103 Å². The van der Waals surface area contributed by atoms with Gasteiger partial charge in [-0.2, -0.15) is 0 Å². The molecule has 0 unspecified atom stereocenters. The lowest BCUT2D eigenvalue weighted by molar-refractivity contribution is -0.122. The van der Waals surface area contributed by atoms with Gasteiger partial charge >= 0.3 is 0 Å². The fraction of sp³-hybridized carbons (Fsp3) is 0.533. The van der Waals surface area contributed by atoms with Crippen molar-refractivity contribution in [3.05, 3.63) is 29.8 Å². The summed E-state index contributed by atoms with van der Waals surface area (Å²) in [7, 11) is 0. The monoisotopic (exact) mass is 229 g/mol. The van der Waals surface area contributed by atoms with E-state index < -0.39 is 0 Å². The Hall–Kier alpha value is -1.31. The lowest BCUT2D eigenvalue weighted by Gasteiger charge is -2.25. The van der Waals surface area contributed by atoms with Crippen LogP contribution in [0.5, 0.6) is 0 Å². The normalized spacial score (nSPS) is 24.1. The van der Waals surface area contributed by atoms with Crippen molar-refractivity contribution >= 4 is 11.6 Å². The van der Waals surface area contributed by atoms with Crippen LogP contribution in [0.2, 0.25) is 0 Å². The zero-order valence-electron chi connectivity index (χ0n) is 10.4. The number of fused-ring (bicyclic) bond motifs is 1. The number of rotatable bonds is 1. The second-order valence-corrected chi connectivity index (χ2v) is 5.37. The van der Waals surface area contributed by atoms with Crippen LogP contribution in [0.3, 0.4) is 0 Å². The van der Waals surface area contributed by atoms with E-state index in [9.17, 15) is 4.79 Å². The van der Waals surface area contributed by atoms with Crippen LogP contribution < -0.4 is 4.90 Å². The van der Waals surface area contributed by atoms with E-state index >= 15 is 0 Å². The molecule has 1 amide bonds. The molecule has 1 saturated carbocycles. The molecular formula is C15H19NO. The van der Waals surface area contributed by atoms with Gasteiger partial charge in [-0.05, 0) is 37.8 Å². The van der Waals surface area contributed by atoms with Gasteiger partial charge in [-0.15, -0.1) is 0 Å². The number of carbonyl (C=O) groups excluding carboxylic acids is 1. The molecule has 1 fully saturated rings. The van der Waals surface area contributed by atoms with Crippen LogP contribution in [0.1, 0.15) is 38.2 Å². The molecule has 1 atom stereocenters. The first kappa shape index (κ1) is 10.8. The van der Waals surface area contributed by atoms with Crippen LogP contribution >= 0.6 is 0 Å². The van der Waals surface area contributed by atoms with Crippen LogP contribution in [-0.2, 0) is 11.2 Å². The zero-order valence-corrected chi connectivity index (χ0v) is 10.4. The van der Waals surface area contributed by atoms with E-state index in [2.05, 4.69) is 25.1 Å². The summed E-state index contributed by atoms with van der Waals surface area (Å²) < 4.78 is 0. The molecule has 1 heterocycles. The van der Waals surface area contributed by atoms with Gasteiger partial charge in [-0.25, -0.2) is 0 Å². The number of benzene rings is 1. The highest BCUT2D eigenvalue weighted by molar-refractivity contribution is 5.97. The number of anilines is 1. The molecule has 1 aliphatic heterocycles. The summed E-state index contributed by atoms with van der Waals surface area (Å²) in [6, 6.07) is 8.67. The van der Waals surface area contributed by atoms with Crippen LogP contribution in [0, 0.1) is 5.92 Å². The first-order valence-corrected chi connectivity index (χ1v) is 6.68. The maximum Gasteiger partial charge on any atom is 0.230 e. The Morgan fingerprint density at radius 1 is 1.24 bits per heavy atom. The Balaban J connectivity index is 1.89. The Morgan fingerprint density at radius 3 is 2.71 bits per heavy atom. The summed E-state index contributed by atoms with van der Waals surface area (Å²) in [5.74, 6) is 0.642. The van der Waals surface area contributed by atoms with Crippen molar-refractivity contribution < 1.29 is 4.79 Å². The highest BCUT2D eigenvalue weighted by atomic mass is 16.2. The standard InChI is InChI=1S/C15H19NO/c1-11-10-13-8-4-5-9-14(13)16(11)15(17)12-6-2-3-7-12/h4-5,8-9,11-12H,2-3,6-7,10H2,1H3/t11-/m1/s1. The van der Waals surface area contributed by atoms with E-state index in [0.717, 1.165) is 24.9 Å². The van der Waals surface area contributed by atoms with E-state index in [1.54, 1.807) is 0 Å². The Kier molecular flexibility index (Phi) is 2.65. The average Bonchev–Trinajstić information content (AvgIpc) is 2.94. The SMILES string of the molecule is C[C@@H]1Cc2ccccc2N1C(=O)C1CCCC1. The van der Waals surface area contributed by atoms with Gasteiger partial charge in [0.2, 0.25) is 5.91 Å². The molecule has 3 rings (SSSR count). The predicted molar refractivity (Wildman–Crippen MR) is 69.1 cm³/mol. The zero-order chi connectivity index (χ0) is 11.8. The minimum absolute atomic E-state index is 0.281. The quantitative estimate of drug-likeness (QED) is 0.724. The van der Waals surface area contributed by atoms with Gasteiger partial charge in [0.05, 0.1) is 0 Å². The van der Waals surface area contributed by atoms with Crippen molar-refractivity contribution in [3.63, 3.8) is 0 Å². The molecule has 90 valence electrons. The van der Waals surface area contributed by atoms with E-state index in [0.29, 0.717) is 11.9 Å². The molecule has 2 heteroatoms. The lowest BCUT2D eigenvalue weighted by Crippen LogP contribution is -2.39. The molecule has 2 aliphatic rings. The first-order chi connectivity index (χ1) is 8.27. The molecule has 0 radical (unpaired) electrons. The van der Waals surface area contributed by atoms with Crippen LogP contribution in [0.25, 0.3) is 0 Å². The molecule has 0 saturated heterocycles. The summed E-state index contributed by atoms with van der Waals surface area (Å²) >= 11 is 0. The number of hydrogen-bond donors (Lipinski definition) is 0. The number of para-hydroxylation sites is 1. The molecule has 1 aromatic carbocycles. The van der Waals surface area contributed by atoms with Gasteiger partial charge in [0.1, 0.15) is 0 Å². The van der Waals surface area contributed by atoms with E-state index in [-0.39, 0.29) is 5.92 Å². The fourth-order valence-corrected chi connectivity index (χ4v) is 3.27. The maximum atomic E-state index is 12.5. The van der Waals surface area contributed by atoms with Gasteiger partial charge in [-0.1, -0.05) is 31.0 Å². The van der Waals surface area contributed by atoms with E-state index in [1.165, 1.54) is 18.4 Å². The van der Waals surface area contributed by atoms with Gasteiger partial charge in [-0.3, -0.25) is 4.79 Å². The fourth-order valence-electron chi connectivity index (χ4n) is 3.27. The highest BCUT2D eigenvalue weighted by Gasteiger charge is 2.35. The van der Waals surface area contributed by atoms with Crippen LogP contribution in [0.4, 0.5) is 5.69 Å². The molecule has 2 nitrogen and oxygen atoms in total. The van der Waals surface area contributed by atoms with Crippen LogP contribution in [-0.4, -0.2) is 11.9 Å². The van der Waals surface area contributed by atoms with Gasteiger partial charge in [0.15, 0.2) is 0 Å². The summed E-state index contributed by atoms with van der Waals surface area (Å²) in [5, 5.41) is 0. The largest absolute Gasteiger partial charge is 0.309 e. The number of nitrogens with zero attached hydrogens (tertiary/aromatic N) is 1. The summed E-state index contributed by atoms with van der Waals surface area (Å²) in [6.45, 7) is 2.16. The van der Waals surface area contributed by atoms with Crippen molar-refractivity contribution in [1.29, 1.82) is 0 Å². The molecule has 1 aromatic rings. The number of amides is 1. The van der Waals surface area contributed by atoms with E-state index in [1.807, 2.05) is 11.0 Å². The van der Waals surface area contributed by atoms with Crippen molar-refractivity contribution in [3.8, 4) is 0 Å². The molecule has 17 heavy (non-hydrogen) atoms. The Morgan fingerprint density at radius 2 is 1.94 bits per heavy atom. The first-order valence-electron chi connectivity index (χ1n) is 6.68. The summed E-state index contributed by atoms with van der Waals surface area (Å²) in [5.41, 5.74) is 2.48. The minimum Gasteiger partial charge on any atom is -0.309 e. The van der Waals surface area contributed by atoms with Gasteiger partial charge in [0, 0.05) is 17.6 Å². The number of carbonyl (C=O) groups is 1. The van der Waals surface area contributed by atoms with Crippen molar-refractivity contribution in [2.45, 2.75) is 45.1 Å². The van der Waals surface area contributed by atoms with Crippen molar-refractivity contribution in [2.24, 2.45) is 5.92 Å². The summed E-state index contributed by atoms with van der Waals surface area (Å²) in [6.07, 6.45) is 5.63. The molecule has 1 aliphatic carbocycles. The minimum atomic E-state index is 0.281. The topological polar surface area (TPSA) is 20.3 Å². The smallest absolute Gasteiger partial charge is 0.230 e. The third-order valence-corrected chi connectivity index (χ3v) is 4.15. The Bertz CT molecular complexity index is 434. The maximum absolute atomic E-state index is 12.5. The lowest BCUT2D eigenvalue weighted by atomic mass is 10.1. The highest BCUT2D eigenvalue weighted by Crippen LogP contribution is 2.36. The molecular weight excluding hydrogens is 210 g/mol. The number of hydrogen-bond acceptors (Lipinski definition) is 1. The third-order valence-electron chi connectivity index (χ3n) is 4.15. The second-order valence-electron chi connectivity index (χ2n) is 5.37. The van der Waals surface area contributed by atoms with Gasteiger partial charge < -0.3 is 4.90 Å². The molecule has 0 aromatic heterocycles. The summed E-state index contributed by atoms with van der Waals surface area (Å²) in [4.78, 5) is 14.6. The average molecular weight is 229 g/mol. The second kappa shape index (κ2) is 4.17. The molecule has 0 N–H and O–H groups in total. The molecule has 0 bridgehead atoms. The van der Waals surface area contributed by atoms with Crippen LogP contribution in [0.15, 0.2) is 24.3 Å². The third kappa shape index (κ3) is 1.76. The van der Waals surface area contributed by atoms with Crippen molar-refractivity contribution in [1.82, 2.24) is 0 Å².